The van der Waals surface area contributed by atoms with Gasteiger partial charge in [0.25, 0.3) is 0 Å². The van der Waals surface area contributed by atoms with E-state index in [4.69, 9.17) is 4.74 Å². The normalized spacial score (nSPS) is 19.5. The highest BCUT2D eigenvalue weighted by atomic mass is 16.5. The molecule has 18 heavy (non-hydrogen) atoms. The second-order valence-electron chi connectivity index (χ2n) is 4.77. The molecule has 0 bridgehead atoms. The lowest BCUT2D eigenvalue weighted by atomic mass is 9.91. The summed E-state index contributed by atoms with van der Waals surface area (Å²) in [6, 6.07) is 8.38. The third-order valence-corrected chi connectivity index (χ3v) is 3.40. The Morgan fingerprint density at radius 1 is 1.39 bits per heavy atom. The van der Waals surface area contributed by atoms with Gasteiger partial charge in [-0.3, -0.25) is 4.79 Å². The van der Waals surface area contributed by atoms with E-state index in [0.717, 1.165) is 18.7 Å². The van der Waals surface area contributed by atoms with Crippen molar-refractivity contribution in [1.82, 2.24) is 5.32 Å². The van der Waals surface area contributed by atoms with Crippen LogP contribution in [0.5, 0.6) is 0 Å². The Hall–Kier alpha value is -1.35. The van der Waals surface area contributed by atoms with Gasteiger partial charge in [-0.2, -0.15) is 0 Å². The van der Waals surface area contributed by atoms with Crippen molar-refractivity contribution >= 4 is 5.97 Å². The first-order chi connectivity index (χ1) is 8.79. The van der Waals surface area contributed by atoms with E-state index in [9.17, 15) is 4.79 Å². The van der Waals surface area contributed by atoms with Crippen LogP contribution in [-0.4, -0.2) is 25.7 Å². The SMILES string of the molecule is CCOC(=O)Cc1ccc(C2CCCNC2)cc1. The van der Waals surface area contributed by atoms with Gasteiger partial charge in [0.1, 0.15) is 0 Å². The first-order valence-electron chi connectivity index (χ1n) is 6.74. The van der Waals surface area contributed by atoms with Crippen LogP contribution in [0.15, 0.2) is 24.3 Å². The number of piperidine rings is 1. The van der Waals surface area contributed by atoms with Crippen LogP contribution < -0.4 is 5.32 Å². The molecular formula is C15H21NO2. The van der Waals surface area contributed by atoms with Crippen LogP contribution in [0.2, 0.25) is 0 Å². The Bertz CT molecular complexity index is 380. The molecule has 0 aliphatic carbocycles. The molecule has 2 rings (SSSR count). The topological polar surface area (TPSA) is 38.3 Å². The summed E-state index contributed by atoms with van der Waals surface area (Å²) in [5.41, 5.74) is 2.40. The summed E-state index contributed by atoms with van der Waals surface area (Å²) in [5.74, 6) is 0.472. The van der Waals surface area contributed by atoms with Gasteiger partial charge in [-0.05, 0) is 43.4 Å². The number of hydrogen-bond acceptors (Lipinski definition) is 3. The van der Waals surface area contributed by atoms with Crippen molar-refractivity contribution in [2.75, 3.05) is 19.7 Å². The van der Waals surface area contributed by atoms with Gasteiger partial charge < -0.3 is 10.1 Å². The molecule has 0 radical (unpaired) electrons. The van der Waals surface area contributed by atoms with E-state index in [1.165, 1.54) is 18.4 Å². The molecule has 3 heteroatoms. The zero-order valence-corrected chi connectivity index (χ0v) is 10.9. The van der Waals surface area contributed by atoms with E-state index >= 15 is 0 Å². The first-order valence-corrected chi connectivity index (χ1v) is 6.74. The fourth-order valence-corrected chi connectivity index (χ4v) is 2.42. The molecule has 1 aliphatic heterocycles. The molecule has 1 aromatic carbocycles. The summed E-state index contributed by atoms with van der Waals surface area (Å²) in [6.45, 7) is 4.48. The van der Waals surface area contributed by atoms with Gasteiger partial charge in [-0.15, -0.1) is 0 Å². The number of carbonyl (C=O) groups excluding carboxylic acids is 1. The second-order valence-corrected chi connectivity index (χ2v) is 4.77. The largest absolute Gasteiger partial charge is 0.466 e. The third-order valence-electron chi connectivity index (χ3n) is 3.40. The lowest BCUT2D eigenvalue weighted by Gasteiger charge is -2.23. The molecule has 0 amide bonds. The van der Waals surface area contributed by atoms with E-state index in [1.54, 1.807) is 0 Å². The van der Waals surface area contributed by atoms with Gasteiger partial charge in [0.15, 0.2) is 0 Å². The molecule has 0 aromatic heterocycles. The predicted molar refractivity (Wildman–Crippen MR) is 71.6 cm³/mol. The molecule has 0 spiro atoms. The molecule has 1 unspecified atom stereocenters. The smallest absolute Gasteiger partial charge is 0.310 e. The van der Waals surface area contributed by atoms with Crippen molar-refractivity contribution in [3.8, 4) is 0 Å². The van der Waals surface area contributed by atoms with E-state index in [-0.39, 0.29) is 5.97 Å². The number of benzene rings is 1. The standard InChI is InChI=1S/C15H21NO2/c1-2-18-15(17)10-12-5-7-13(8-6-12)14-4-3-9-16-11-14/h5-8,14,16H,2-4,9-11H2,1H3. The van der Waals surface area contributed by atoms with Crippen molar-refractivity contribution in [3.63, 3.8) is 0 Å². The average molecular weight is 247 g/mol. The minimum Gasteiger partial charge on any atom is -0.466 e. The maximum absolute atomic E-state index is 11.4. The third kappa shape index (κ3) is 3.57. The Labute approximate surface area is 109 Å². The minimum atomic E-state index is -0.149. The summed E-state index contributed by atoms with van der Waals surface area (Å²) < 4.78 is 4.94. The van der Waals surface area contributed by atoms with Crippen LogP contribution in [0, 0.1) is 0 Å². The predicted octanol–water partition coefficient (Wildman–Crippen LogP) is 2.26. The summed E-state index contributed by atoms with van der Waals surface area (Å²) in [4.78, 5) is 11.4. The molecule has 1 fully saturated rings. The summed E-state index contributed by atoms with van der Waals surface area (Å²) >= 11 is 0. The molecule has 1 N–H and O–H groups in total. The zero-order chi connectivity index (χ0) is 12.8. The number of rotatable bonds is 4. The Balaban J connectivity index is 1.94. The number of esters is 1. The highest BCUT2D eigenvalue weighted by Gasteiger charge is 2.14. The highest BCUT2D eigenvalue weighted by molar-refractivity contribution is 5.72. The molecule has 1 aliphatic rings. The van der Waals surface area contributed by atoms with Gasteiger partial charge in [-0.25, -0.2) is 0 Å². The van der Waals surface area contributed by atoms with Crippen LogP contribution in [0.3, 0.4) is 0 Å². The molecule has 1 saturated heterocycles. The summed E-state index contributed by atoms with van der Waals surface area (Å²) in [7, 11) is 0. The van der Waals surface area contributed by atoms with Crippen molar-refractivity contribution < 1.29 is 9.53 Å². The minimum absolute atomic E-state index is 0.149. The maximum Gasteiger partial charge on any atom is 0.310 e. The van der Waals surface area contributed by atoms with Crippen molar-refractivity contribution in [2.24, 2.45) is 0 Å². The average Bonchev–Trinajstić information content (AvgIpc) is 2.41. The molecule has 0 saturated carbocycles. The van der Waals surface area contributed by atoms with Gasteiger partial charge >= 0.3 is 5.97 Å². The van der Waals surface area contributed by atoms with E-state index < -0.39 is 0 Å². The first kappa shape index (κ1) is 13.1. The summed E-state index contributed by atoms with van der Waals surface area (Å²) in [6.07, 6.45) is 2.87. The Morgan fingerprint density at radius 2 is 2.17 bits per heavy atom. The molecular weight excluding hydrogens is 226 g/mol. The van der Waals surface area contributed by atoms with Crippen molar-refractivity contribution in [3.05, 3.63) is 35.4 Å². The fourth-order valence-electron chi connectivity index (χ4n) is 2.42. The second kappa shape index (κ2) is 6.55. The molecule has 98 valence electrons. The number of carbonyl (C=O) groups is 1. The Kier molecular flexibility index (Phi) is 4.76. The molecule has 1 aromatic rings. The number of ether oxygens (including phenoxy) is 1. The van der Waals surface area contributed by atoms with Crippen LogP contribution in [-0.2, 0) is 16.0 Å². The quantitative estimate of drug-likeness (QED) is 0.829. The van der Waals surface area contributed by atoms with Crippen LogP contribution in [0.25, 0.3) is 0 Å². The molecule has 1 heterocycles. The summed E-state index contributed by atoms with van der Waals surface area (Å²) in [5, 5.41) is 3.42. The fraction of sp³-hybridized carbons (Fsp3) is 0.533. The van der Waals surface area contributed by atoms with Crippen molar-refractivity contribution in [1.29, 1.82) is 0 Å². The lowest BCUT2D eigenvalue weighted by molar-refractivity contribution is -0.142. The van der Waals surface area contributed by atoms with E-state index in [0.29, 0.717) is 18.9 Å². The van der Waals surface area contributed by atoms with Gasteiger partial charge in [0.2, 0.25) is 0 Å². The monoisotopic (exact) mass is 247 g/mol. The van der Waals surface area contributed by atoms with E-state index in [2.05, 4.69) is 17.4 Å². The van der Waals surface area contributed by atoms with Crippen LogP contribution in [0.1, 0.15) is 36.8 Å². The van der Waals surface area contributed by atoms with E-state index in [1.807, 2.05) is 19.1 Å². The Morgan fingerprint density at radius 3 is 2.78 bits per heavy atom. The van der Waals surface area contributed by atoms with Gasteiger partial charge in [0, 0.05) is 6.54 Å². The molecule has 3 nitrogen and oxygen atoms in total. The number of hydrogen-bond donors (Lipinski definition) is 1. The van der Waals surface area contributed by atoms with Gasteiger partial charge in [-0.1, -0.05) is 24.3 Å². The van der Waals surface area contributed by atoms with Crippen molar-refractivity contribution in [2.45, 2.75) is 32.1 Å². The number of nitrogens with one attached hydrogen (secondary N) is 1. The highest BCUT2D eigenvalue weighted by Crippen LogP contribution is 2.23. The van der Waals surface area contributed by atoms with Gasteiger partial charge in [0.05, 0.1) is 13.0 Å². The van der Waals surface area contributed by atoms with Crippen LogP contribution in [0.4, 0.5) is 0 Å². The zero-order valence-electron chi connectivity index (χ0n) is 10.9. The lowest BCUT2D eigenvalue weighted by Crippen LogP contribution is -2.28. The maximum atomic E-state index is 11.4. The molecule has 1 atom stereocenters. The van der Waals surface area contributed by atoms with Crippen LogP contribution >= 0.6 is 0 Å².